The topological polar surface area (TPSA) is 53.4 Å². The Morgan fingerprint density at radius 1 is 1.33 bits per heavy atom. The van der Waals surface area contributed by atoms with E-state index in [1.807, 2.05) is 14.0 Å². The van der Waals surface area contributed by atoms with Gasteiger partial charge in [0.25, 0.3) is 5.91 Å². The van der Waals surface area contributed by atoms with Crippen LogP contribution in [0.2, 0.25) is 0 Å². The Morgan fingerprint density at radius 3 is 2.67 bits per heavy atom. The summed E-state index contributed by atoms with van der Waals surface area (Å²) in [5, 5.41) is 9.37. The quantitative estimate of drug-likeness (QED) is 0.891. The van der Waals surface area contributed by atoms with Crippen molar-refractivity contribution in [3.8, 4) is 0 Å². The highest BCUT2D eigenvalue weighted by Gasteiger charge is 2.25. The van der Waals surface area contributed by atoms with Crippen LogP contribution >= 0.6 is 11.3 Å². The molecule has 0 bridgehead atoms. The van der Waals surface area contributed by atoms with Crippen molar-refractivity contribution in [2.75, 3.05) is 39.8 Å². The van der Waals surface area contributed by atoms with Gasteiger partial charge in [0.05, 0.1) is 17.8 Å². The van der Waals surface area contributed by atoms with Crippen LogP contribution in [0.25, 0.3) is 0 Å². The molecule has 130 valence electrons. The van der Waals surface area contributed by atoms with Crippen LogP contribution in [0.15, 0.2) is 23.7 Å². The fourth-order valence-corrected chi connectivity index (χ4v) is 3.89. The molecule has 3 heterocycles. The molecule has 0 spiro atoms. The number of thiophene rings is 1. The van der Waals surface area contributed by atoms with E-state index in [9.17, 15) is 4.79 Å². The number of likely N-dealkylation sites (N-methyl/N-ethyl adjacent to an activating group) is 1. The van der Waals surface area contributed by atoms with Crippen molar-refractivity contribution in [2.45, 2.75) is 13.0 Å². The van der Waals surface area contributed by atoms with Crippen molar-refractivity contribution in [3.05, 3.63) is 39.8 Å². The molecule has 3 rings (SSSR count). The van der Waals surface area contributed by atoms with E-state index >= 15 is 0 Å². The molecule has 1 fully saturated rings. The Kier molecular flexibility index (Phi) is 5.33. The van der Waals surface area contributed by atoms with E-state index in [1.54, 1.807) is 22.2 Å². The zero-order chi connectivity index (χ0) is 17.1. The molecule has 0 radical (unpaired) electrons. The summed E-state index contributed by atoms with van der Waals surface area (Å²) in [6.07, 6.45) is 1.64. The maximum absolute atomic E-state index is 12.5. The predicted octanol–water partition coefficient (Wildman–Crippen LogP) is 1.51. The number of hydrogen-bond acceptors (Lipinski definition) is 5. The Labute approximate surface area is 147 Å². The first kappa shape index (κ1) is 17.1. The van der Waals surface area contributed by atoms with E-state index in [4.69, 9.17) is 0 Å². The monoisotopic (exact) mass is 347 g/mol. The lowest BCUT2D eigenvalue weighted by molar-refractivity contribution is 0.0889. The standard InChI is InChI=1S/C17H25N5OS/c1-13-14(11-19-21(13)3)17(23)18-12-15(16-5-4-10-24-16)22-8-6-20(2)7-9-22/h4-5,10-11,15H,6-9,12H2,1-3H3,(H,18,23)/t15-/m1/s1. The number of aryl methyl sites for hydroxylation is 1. The smallest absolute Gasteiger partial charge is 0.254 e. The van der Waals surface area contributed by atoms with Gasteiger partial charge in [-0.15, -0.1) is 11.3 Å². The number of nitrogens with one attached hydrogen (secondary N) is 1. The van der Waals surface area contributed by atoms with Crippen molar-refractivity contribution in [1.82, 2.24) is 24.9 Å². The summed E-state index contributed by atoms with van der Waals surface area (Å²) >= 11 is 1.76. The molecule has 24 heavy (non-hydrogen) atoms. The molecule has 1 saturated heterocycles. The number of carbonyl (C=O) groups is 1. The third kappa shape index (κ3) is 3.68. The largest absolute Gasteiger partial charge is 0.350 e. The van der Waals surface area contributed by atoms with Crippen molar-refractivity contribution in [1.29, 1.82) is 0 Å². The van der Waals surface area contributed by atoms with Crippen LogP contribution in [0, 0.1) is 6.92 Å². The molecule has 7 heteroatoms. The minimum atomic E-state index is -0.0451. The minimum absolute atomic E-state index is 0.0451. The molecule has 0 aromatic carbocycles. The van der Waals surface area contributed by atoms with Crippen LogP contribution in [0.5, 0.6) is 0 Å². The van der Waals surface area contributed by atoms with Gasteiger partial charge in [0, 0.05) is 50.3 Å². The fourth-order valence-electron chi connectivity index (χ4n) is 3.03. The Morgan fingerprint density at radius 2 is 2.08 bits per heavy atom. The SMILES string of the molecule is Cc1c(C(=O)NC[C@H](c2cccs2)N2CCN(C)CC2)cnn1C. The third-order valence-electron chi connectivity index (χ3n) is 4.79. The number of rotatable bonds is 5. The number of carbonyl (C=O) groups excluding carboxylic acids is 1. The summed E-state index contributed by atoms with van der Waals surface area (Å²) in [4.78, 5) is 18.6. The maximum atomic E-state index is 12.5. The van der Waals surface area contributed by atoms with Crippen molar-refractivity contribution < 1.29 is 4.79 Å². The second-order valence-corrected chi connectivity index (χ2v) is 7.33. The molecule has 2 aromatic rings. The number of aromatic nitrogens is 2. The van der Waals surface area contributed by atoms with E-state index in [0.717, 1.165) is 31.9 Å². The van der Waals surface area contributed by atoms with Crippen molar-refractivity contribution in [2.24, 2.45) is 7.05 Å². The minimum Gasteiger partial charge on any atom is -0.350 e. The summed E-state index contributed by atoms with van der Waals surface area (Å²) in [7, 11) is 4.01. The lowest BCUT2D eigenvalue weighted by atomic mass is 10.1. The van der Waals surface area contributed by atoms with E-state index < -0.39 is 0 Å². The van der Waals surface area contributed by atoms with E-state index in [2.05, 4.69) is 44.8 Å². The van der Waals surface area contributed by atoms with Gasteiger partial charge in [-0.2, -0.15) is 5.10 Å². The van der Waals surface area contributed by atoms with Crippen molar-refractivity contribution >= 4 is 17.2 Å². The summed E-state index contributed by atoms with van der Waals surface area (Å²) in [5.41, 5.74) is 1.54. The van der Waals surface area contributed by atoms with Gasteiger partial charge in [0.15, 0.2) is 0 Å². The summed E-state index contributed by atoms with van der Waals surface area (Å²) < 4.78 is 1.73. The number of hydrogen-bond donors (Lipinski definition) is 1. The third-order valence-corrected chi connectivity index (χ3v) is 5.76. The first-order valence-electron chi connectivity index (χ1n) is 8.29. The van der Waals surface area contributed by atoms with Gasteiger partial charge in [-0.05, 0) is 25.4 Å². The van der Waals surface area contributed by atoms with E-state index in [1.165, 1.54) is 4.88 Å². The normalized spacial score (nSPS) is 17.8. The summed E-state index contributed by atoms with van der Waals surface area (Å²) in [6, 6.07) is 4.48. The lowest BCUT2D eigenvalue weighted by Crippen LogP contribution is -2.48. The number of amides is 1. The molecule has 6 nitrogen and oxygen atoms in total. The Hall–Kier alpha value is -1.70. The molecule has 0 saturated carbocycles. The number of piperazine rings is 1. The van der Waals surface area contributed by atoms with Crippen LogP contribution in [0.4, 0.5) is 0 Å². The molecule has 1 amide bonds. The Balaban J connectivity index is 1.68. The van der Waals surface area contributed by atoms with Crippen LogP contribution < -0.4 is 5.32 Å². The van der Waals surface area contributed by atoms with Gasteiger partial charge in [-0.25, -0.2) is 0 Å². The van der Waals surface area contributed by atoms with Crippen LogP contribution in [-0.2, 0) is 7.05 Å². The molecule has 0 unspecified atom stereocenters. The van der Waals surface area contributed by atoms with Gasteiger partial charge < -0.3 is 10.2 Å². The highest BCUT2D eigenvalue weighted by atomic mass is 32.1. The highest BCUT2D eigenvalue weighted by molar-refractivity contribution is 7.10. The molecular formula is C17H25N5OS. The van der Waals surface area contributed by atoms with Gasteiger partial charge >= 0.3 is 0 Å². The molecule has 1 atom stereocenters. The lowest BCUT2D eigenvalue weighted by Gasteiger charge is -2.37. The van der Waals surface area contributed by atoms with Gasteiger partial charge in [0.2, 0.25) is 0 Å². The van der Waals surface area contributed by atoms with Gasteiger partial charge in [-0.1, -0.05) is 6.07 Å². The van der Waals surface area contributed by atoms with Gasteiger partial charge in [0.1, 0.15) is 0 Å². The molecule has 2 aromatic heterocycles. The van der Waals surface area contributed by atoms with Gasteiger partial charge in [-0.3, -0.25) is 14.4 Å². The first-order chi connectivity index (χ1) is 11.6. The second-order valence-electron chi connectivity index (χ2n) is 6.35. The highest BCUT2D eigenvalue weighted by Crippen LogP contribution is 2.25. The van der Waals surface area contributed by atoms with Crippen molar-refractivity contribution in [3.63, 3.8) is 0 Å². The summed E-state index contributed by atoms with van der Waals surface area (Å²) in [6.45, 7) is 6.73. The van der Waals surface area contributed by atoms with Crippen LogP contribution in [0.1, 0.15) is 27.0 Å². The zero-order valence-corrected chi connectivity index (χ0v) is 15.3. The molecule has 1 aliphatic rings. The maximum Gasteiger partial charge on any atom is 0.254 e. The fraction of sp³-hybridized carbons (Fsp3) is 0.529. The molecule has 1 N–H and O–H groups in total. The van der Waals surface area contributed by atoms with Crippen LogP contribution in [0.3, 0.4) is 0 Å². The summed E-state index contributed by atoms with van der Waals surface area (Å²) in [5.74, 6) is -0.0451. The average Bonchev–Trinajstić information content (AvgIpc) is 3.21. The average molecular weight is 347 g/mol. The van der Waals surface area contributed by atoms with Crippen LogP contribution in [-0.4, -0.2) is 65.3 Å². The number of nitrogens with zero attached hydrogens (tertiary/aromatic N) is 4. The molecular weight excluding hydrogens is 322 g/mol. The Bertz CT molecular complexity index is 673. The zero-order valence-electron chi connectivity index (χ0n) is 14.5. The second kappa shape index (κ2) is 7.46. The predicted molar refractivity (Wildman–Crippen MR) is 96.4 cm³/mol. The molecule has 0 aliphatic carbocycles. The van der Waals surface area contributed by atoms with E-state index in [0.29, 0.717) is 12.1 Å². The molecule has 1 aliphatic heterocycles. The first-order valence-corrected chi connectivity index (χ1v) is 9.17. The van der Waals surface area contributed by atoms with E-state index in [-0.39, 0.29) is 11.9 Å².